The van der Waals surface area contributed by atoms with Gasteiger partial charge in [-0.2, -0.15) is 0 Å². The Morgan fingerprint density at radius 1 is 1.06 bits per heavy atom. The number of hydrogen-bond donors (Lipinski definition) is 0. The molecule has 4 heteroatoms. The van der Waals surface area contributed by atoms with Crippen molar-refractivity contribution in [2.24, 2.45) is 0 Å². The molecule has 0 bridgehead atoms. The summed E-state index contributed by atoms with van der Waals surface area (Å²) in [6, 6.07) is 0. The first-order valence-electron chi connectivity index (χ1n) is 5.18. The number of carbonyl (C=O) groups excluding carboxylic acids is 2. The minimum Gasteiger partial charge on any atom is -0.466 e. The van der Waals surface area contributed by atoms with Gasteiger partial charge in [0.1, 0.15) is 0 Å². The highest BCUT2D eigenvalue weighted by Crippen LogP contribution is 2.09. The Morgan fingerprint density at radius 3 is 2.19 bits per heavy atom. The van der Waals surface area contributed by atoms with E-state index in [0.29, 0.717) is 0 Å². The lowest BCUT2D eigenvalue weighted by Crippen LogP contribution is -1.98. The van der Waals surface area contributed by atoms with Gasteiger partial charge in [-0.15, -0.1) is 0 Å². The van der Waals surface area contributed by atoms with Gasteiger partial charge in [0.25, 0.3) is 0 Å². The predicted octanol–water partition coefficient (Wildman–Crippen LogP) is 2.01. The molecule has 0 saturated carbocycles. The first kappa shape index (κ1) is 14.4. The molecular formula is C12H18O4. The topological polar surface area (TPSA) is 52.6 Å². The number of unbranched alkanes of at least 4 members (excludes halogenated alkanes) is 1. The van der Waals surface area contributed by atoms with E-state index in [0.717, 1.165) is 24.8 Å². The number of rotatable bonds is 6. The highest BCUT2D eigenvalue weighted by Gasteiger charge is 2.00. The number of methoxy groups -OCH3 is 2. The standard InChI is InChI=1S/C12H18O4/c1-4-5-6-10(9-12(14)16-3)7-8-11(13)15-2/h7-9H,4-6H2,1-3H3/b8-7+,10-9-. The van der Waals surface area contributed by atoms with Crippen LogP contribution in [0.4, 0.5) is 0 Å². The van der Waals surface area contributed by atoms with E-state index >= 15 is 0 Å². The molecule has 0 spiro atoms. The van der Waals surface area contributed by atoms with E-state index in [1.54, 1.807) is 6.08 Å². The van der Waals surface area contributed by atoms with Gasteiger partial charge >= 0.3 is 11.9 Å². The molecule has 0 saturated heterocycles. The molecule has 0 rings (SSSR count). The van der Waals surface area contributed by atoms with Gasteiger partial charge < -0.3 is 9.47 Å². The van der Waals surface area contributed by atoms with Crippen LogP contribution in [0.5, 0.6) is 0 Å². The third-order valence-electron chi connectivity index (χ3n) is 1.96. The van der Waals surface area contributed by atoms with Crippen molar-refractivity contribution >= 4 is 11.9 Å². The molecule has 0 aromatic heterocycles. The van der Waals surface area contributed by atoms with Gasteiger partial charge in [-0.05, 0) is 18.4 Å². The van der Waals surface area contributed by atoms with Crippen LogP contribution >= 0.6 is 0 Å². The quantitative estimate of drug-likeness (QED) is 0.395. The molecular weight excluding hydrogens is 208 g/mol. The van der Waals surface area contributed by atoms with Crippen LogP contribution in [0.15, 0.2) is 23.8 Å². The van der Waals surface area contributed by atoms with Gasteiger partial charge in [0.2, 0.25) is 0 Å². The van der Waals surface area contributed by atoms with E-state index in [1.807, 2.05) is 0 Å². The summed E-state index contributed by atoms with van der Waals surface area (Å²) < 4.78 is 9.00. The van der Waals surface area contributed by atoms with Gasteiger partial charge in [-0.3, -0.25) is 0 Å². The maximum Gasteiger partial charge on any atom is 0.330 e. The van der Waals surface area contributed by atoms with Crippen molar-refractivity contribution in [1.82, 2.24) is 0 Å². The smallest absolute Gasteiger partial charge is 0.330 e. The van der Waals surface area contributed by atoms with Crippen LogP contribution in [-0.4, -0.2) is 26.2 Å². The summed E-state index contributed by atoms with van der Waals surface area (Å²) in [7, 11) is 2.63. The fourth-order valence-electron chi connectivity index (χ4n) is 1.04. The summed E-state index contributed by atoms with van der Waals surface area (Å²) in [5.74, 6) is -0.854. The Hall–Kier alpha value is -1.58. The summed E-state index contributed by atoms with van der Waals surface area (Å²) in [6.45, 7) is 2.06. The predicted molar refractivity (Wildman–Crippen MR) is 60.8 cm³/mol. The summed E-state index contributed by atoms with van der Waals surface area (Å²) in [5, 5.41) is 0. The number of hydrogen-bond acceptors (Lipinski definition) is 4. The Balaban J connectivity index is 4.54. The van der Waals surface area contributed by atoms with E-state index < -0.39 is 11.9 Å². The molecule has 0 amide bonds. The minimum atomic E-state index is -0.438. The van der Waals surface area contributed by atoms with E-state index in [4.69, 9.17) is 0 Å². The number of carbonyl (C=O) groups is 2. The average Bonchev–Trinajstić information content (AvgIpc) is 2.31. The normalized spacial score (nSPS) is 11.6. The minimum absolute atomic E-state index is 0.416. The van der Waals surface area contributed by atoms with Crippen molar-refractivity contribution in [2.75, 3.05) is 14.2 Å². The molecule has 0 fully saturated rings. The molecule has 0 aliphatic carbocycles. The molecule has 0 radical (unpaired) electrons. The van der Waals surface area contributed by atoms with Crippen molar-refractivity contribution in [3.8, 4) is 0 Å². The molecule has 0 aromatic rings. The fourth-order valence-corrected chi connectivity index (χ4v) is 1.04. The number of esters is 2. The fraction of sp³-hybridized carbons (Fsp3) is 0.500. The Bertz CT molecular complexity index is 289. The third kappa shape index (κ3) is 6.81. The lowest BCUT2D eigenvalue weighted by atomic mass is 10.1. The van der Waals surface area contributed by atoms with E-state index in [-0.39, 0.29) is 0 Å². The average molecular weight is 226 g/mol. The van der Waals surface area contributed by atoms with Crippen molar-refractivity contribution in [1.29, 1.82) is 0 Å². The van der Waals surface area contributed by atoms with Crippen LogP contribution in [-0.2, 0) is 19.1 Å². The Labute approximate surface area is 95.9 Å². The van der Waals surface area contributed by atoms with E-state index in [9.17, 15) is 9.59 Å². The molecule has 4 nitrogen and oxygen atoms in total. The van der Waals surface area contributed by atoms with Crippen molar-refractivity contribution in [2.45, 2.75) is 26.2 Å². The van der Waals surface area contributed by atoms with Gasteiger partial charge in [0.15, 0.2) is 0 Å². The monoisotopic (exact) mass is 226 g/mol. The molecule has 0 aromatic carbocycles. The van der Waals surface area contributed by atoms with Crippen molar-refractivity contribution in [3.63, 3.8) is 0 Å². The second-order valence-corrected chi connectivity index (χ2v) is 3.20. The molecule has 0 N–H and O–H groups in total. The van der Waals surface area contributed by atoms with Crippen LogP contribution < -0.4 is 0 Å². The number of allylic oxidation sites excluding steroid dienone is 2. The van der Waals surface area contributed by atoms with Gasteiger partial charge in [0, 0.05) is 12.2 Å². The molecule has 90 valence electrons. The molecule has 16 heavy (non-hydrogen) atoms. The van der Waals surface area contributed by atoms with Crippen LogP contribution in [0, 0.1) is 0 Å². The maximum atomic E-state index is 11.1. The van der Waals surface area contributed by atoms with Gasteiger partial charge in [0.05, 0.1) is 14.2 Å². The lowest BCUT2D eigenvalue weighted by molar-refractivity contribution is -0.135. The largest absolute Gasteiger partial charge is 0.466 e. The highest BCUT2D eigenvalue weighted by molar-refractivity contribution is 5.85. The second-order valence-electron chi connectivity index (χ2n) is 3.20. The van der Waals surface area contributed by atoms with Crippen LogP contribution in [0.1, 0.15) is 26.2 Å². The Morgan fingerprint density at radius 2 is 1.69 bits per heavy atom. The first-order valence-corrected chi connectivity index (χ1v) is 5.18. The summed E-state index contributed by atoms with van der Waals surface area (Å²) >= 11 is 0. The highest BCUT2D eigenvalue weighted by atomic mass is 16.5. The zero-order chi connectivity index (χ0) is 12.4. The third-order valence-corrected chi connectivity index (χ3v) is 1.96. The lowest BCUT2D eigenvalue weighted by Gasteiger charge is -2.00. The zero-order valence-corrected chi connectivity index (χ0v) is 9.99. The summed E-state index contributed by atoms with van der Waals surface area (Å²) in [5.41, 5.74) is 0.763. The van der Waals surface area contributed by atoms with Crippen molar-refractivity contribution < 1.29 is 19.1 Å². The first-order chi connectivity index (χ1) is 7.63. The molecule has 0 atom stereocenters. The SMILES string of the molecule is CCCCC(=C/C(=O)OC)/C=C/C(=O)OC. The molecule has 0 aliphatic heterocycles. The number of ether oxygens (including phenoxy) is 2. The van der Waals surface area contributed by atoms with Crippen LogP contribution in [0.2, 0.25) is 0 Å². The summed E-state index contributed by atoms with van der Waals surface area (Å²) in [6.07, 6.45) is 6.97. The zero-order valence-electron chi connectivity index (χ0n) is 9.99. The van der Waals surface area contributed by atoms with Crippen LogP contribution in [0.25, 0.3) is 0 Å². The van der Waals surface area contributed by atoms with Gasteiger partial charge in [-0.1, -0.05) is 19.4 Å². The Kier molecular flexibility index (Phi) is 7.85. The molecule has 0 unspecified atom stereocenters. The second kappa shape index (κ2) is 8.71. The maximum absolute atomic E-state index is 11.1. The van der Waals surface area contributed by atoms with Crippen molar-refractivity contribution in [3.05, 3.63) is 23.8 Å². The molecule has 0 heterocycles. The molecule has 0 aliphatic rings. The van der Waals surface area contributed by atoms with E-state index in [1.165, 1.54) is 26.4 Å². The van der Waals surface area contributed by atoms with Gasteiger partial charge in [-0.25, -0.2) is 9.59 Å². The summed E-state index contributed by atoms with van der Waals surface area (Å²) in [4.78, 5) is 21.9. The van der Waals surface area contributed by atoms with Crippen LogP contribution in [0.3, 0.4) is 0 Å². The van der Waals surface area contributed by atoms with E-state index in [2.05, 4.69) is 16.4 Å².